The maximum Gasteiger partial charge on any atom is 0.411 e. The molecule has 0 aliphatic carbocycles. The number of hydrogen-bond acceptors (Lipinski definition) is 5. The van der Waals surface area contributed by atoms with Crippen LogP contribution in [-0.2, 0) is 11.3 Å². The summed E-state index contributed by atoms with van der Waals surface area (Å²) in [4.78, 5) is 15.4. The van der Waals surface area contributed by atoms with Gasteiger partial charge in [0.25, 0.3) is 0 Å². The van der Waals surface area contributed by atoms with Gasteiger partial charge in [0, 0.05) is 6.54 Å². The van der Waals surface area contributed by atoms with Crippen molar-refractivity contribution < 1.29 is 19.4 Å². The number of carbonyl (C=O) groups excluding carboxylic acids is 1. The molecule has 6 nitrogen and oxygen atoms in total. The van der Waals surface area contributed by atoms with Crippen molar-refractivity contribution in [3.63, 3.8) is 0 Å². The van der Waals surface area contributed by atoms with Crippen molar-refractivity contribution in [2.45, 2.75) is 13.5 Å². The average Bonchev–Trinajstić information content (AvgIpc) is 2.60. The molecule has 0 radical (unpaired) electrons. The first-order valence-electron chi connectivity index (χ1n) is 8.45. The van der Waals surface area contributed by atoms with Crippen molar-refractivity contribution in [1.29, 1.82) is 0 Å². The molecule has 0 saturated heterocycles. The fourth-order valence-corrected chi connectivity index (χ4v) is 1.55. The molecule has 0 saturated carbocycles. The second-order valence-electron chi connectivity index (χ2n) is 4.12. The molecule has 1 aromatic heterocycles. The standard InChI is InChI=1S/C15H17FN4O2/c1-2-22-15(21)19-12-7-8-13(20-14(12)17)18-9-10-3-5-11(16)6-4-10/h3-8H,2,9H2,1H3,(H,19,21)(H3,17,18,20)/i3D,4D,5D,6D. The SMILES string of the molecule is [2H]c1c([2H])c(CNc2ccc(NC(=O)OCC)c(N)n2)c([2H])c([2H])c1F. The van der Waals surface area contributed by atoms with Crippen LogP contribution in [0.15, 0.2) is 36.3 Å². The van der Waals surface area contributed by atoms with Gasteiger partial charge in [0.05, 0.1) is 17.8 Å². The van der Waals surface area contributed by atoms with Gasteiger partial charge in [-0.25, -0.2) is 14.2 Å². The van der Waals surface area contributed by atoms with E-state index >= 15 is 0 Å². The summed E-state index contributed by atoms with van der Waals surface area (Å²) in [7, 11) is 0. The summed E-state index contributed by atoms with van der Waals surface area (Å²) in [5.41, 5.74) is 6.00. The molecule has 22 heavy (non-hydrogen) atoms. The third-order valence-corrected chi connectivity index (χ3v) is 2.53. The second-order valence-corrected chi connectivity index (χ2v) is 4.12. The van der Waals surface area contributed by atoms with Gasteiger partial charge in [-0.05, 0) is 36.7 Å². The zero-order valence-electron chi connectivity index (χ0n) is 15.8. The van der Waals surface area contributed by atoms with E-state index in [0.29, 0.717) is 0 Å². The summed E-state index contributed by atoms with van der Waals surface area (Å²) >= 11 is 0. The van der Waals surface area contributed by atoms with Crippen molar-refractivity contribution >= 4 is 23.4 Å². The zero-order chi connectivity index (χ0) is 19.4. The Morgan fingerprint density at radius 3 is 2.77 bits per heavy atom. The van der Waals surface area contributed by atoms with Crippen molar-refractivity contribution in [3.8, 4) is 0 Å². The van der Waals surface area contributed by atoms with Crippen LogP contribution in [-0.4, -0.2) is 17.7 Å². The number of ether oxygens (including phenoxy) is 1. The van der Waals surface area contributed by atoms with E-state index in [1.54, 1.807) is 6.92 Å². The van der Waals surface area contributed by atoms with E-state index < -0.39 is 36.1 Å². The molecule has 2 aromatic rings. The lowest BCUT2D eigenvalue weighted by molar-refractivity contribution is 0.168. The van der Waals surface area contributed by atoms with Gasteiger partial charge in [0.1, 0.15) is 17.5 Å². The second kappa shape index (κ2) is 7.26. The van der Waals surface area contributed by atoms with E-state index in [9.17, 15) is 9.18 Å². The number of nitrogens with two attached hydrogens (primary N) is 1. The van der Waals surface area contributed by atoms with Crippen molar-refractivity contribution in [1.82, 2.24) is 4.98 Å². The molecule has 0 fully saturated rings. The van der Waals surface area contributed by atoms with Crippen LogP contribution in [0.2, 0.25) is 0 Å². The third kappa shape index (κ3) is 4.34. The number of nitrogen functional groups attached to an aromatic ring is 1. The fourth-order valence-electron chi connectivity index (χ4n) is 1.55. The molecule has 0 spiro atoms. The van der Waals surface area contributed by atoms with E-state index in [0.717, 1.165) is 0 Å². The number of anilines is 3. The number of nitrogens with one attached hydrogen (secondary N) is 2. The van der Waals surface area contributed by atoms with Crippen LogP contribution in [0.4, 0.5) is 26.5 Å². The van der Waals surface area contributed by atoms with Gasteiger partial charge in [-0.1, -0.05) is 12.1 Å². The van der Waals surface area contributed by atoms with Crippen LogP contribution in [0.3, 0.4) is 0 Å². The van der Waals surface area contributed by atoms with Gasteiger partial charge >= 0.3 is 6.09 Å². The molecule has 1 aromatic carbocycles. The first-order chi connectivity index (χ1) is 12.3. The molecule has 4 N–H and O–H groups in total. The van der Waals surface area contributed by atoms with Gasteiger partial charge in [-0.3, -0.25) is 5.32 Å². The van der Waals surface area contributed by atoms with Crippen LogP contribution in [0.1, 0.15) is 18.0 Å². The van der Waals surface area contributed by atoms with Crippen LogP contribution < -0.4 is 16.4 Å². The minimum absolute atomic E-state index is 0.00417. The molecule has 0 unspecified atom stereocenters. The summed E-state index contributed by atoms with van der Waals surface area (Å²) in [6, 6.07) is 0.585. The molecule has 1 amide bonds. The fraction of sp³-hybridized carbons (Fsp3) is 0.200. The smallest absolute Gasteiger partial charge is 0.411 e. The number of carbonyl (C=O) groups is 1. The normalized spacial score (nSPS) is 12.6. The van der Waals surface area contributed by atoms with Crippen molar-refractivity contribution in [2.75, 3.05) is 23.0 Å². The van der Waals surface area contributed by atoms with E-state index in [-0.39, 0.29) is 36.0 Å². The van der Waals surface area contributed by atoms with Crippen LogP contribution in [0.5, 0.6) is 0 Å². The largest absolute Gasteiger partial charge is 0.450 e. The van der Waals surface area contributed by atoms with E-state index in [1.807, 2.05) is 0 Å². The summed E-state index contributed by atoms with van der Waals surface area (Å²) < 4.78 is 48.8. The topological polar surface area (TPSA) is 89.3 Å². The highest BCUT2D eigenvalue weighted by Crippen LogP contribution is 2.19. The molecule has 0 aliphatic heterocycles. The quantitative estimate of drug-likeness (QED) is 0.790. The summed E-state index contributed by atoms with van der Waals surface area (Å²) in [5.74, 6) is -0.902. The van der Waals surface area contributed by atoms with Crippen LogP contribution in [0, 0.1) is 5.82 Å². The lowest BCUT2D eigenvalue weighted by atomic mass is 10.2. The lowest BCUT2D eigenvalue weighted by Gasteiger charge is -2.10. The van der Waals surface area contributed by atoms with E-state index in [4.69, 9.17) is 16.0 Å². The molecule has 0 aliphatic rings. The predicted molar refractivity (Wildman–Crippen MR) is 83.0 cm³/mol. The number of pyridine rings is 1. The molecule has 1 heterocycles. The Morgan fingerprint density at radius 1 is 1.41 bits per heavy atom. The summed E-state index contributed by atoms with van der Waals surface area (Å²) in [6.45, 7) is 1.75. The summed E-state index contributed by atoms with van der Waals surface area (Å²) in [6.07, 6.45) is -0.670. The Morgan fingerprint density at radius 2 is 2.14 bits per heavy atom. The Balaban J connectivity index is 2.16. The summed E-state index contributed by atoms with van der Waals surface area (Å²) in [5, 5.41) is 5.22. The third-order valence-electron chi connectivity index (χ3n) is 2.53. The van der Waals surface area contributed by atoms with Gasteiger partial charge in [0.2, 0.25) is 0 Å². The van der Waals surface area contributed by atoms with Crippen molar-refractivity contribution in [2.24, 2.45) is 0 Å². The maximum absolute atomic E-state index is 13.5. The maximum atomic E-state index is 13.5. The number of amides is 1. The van der Waals surface area contributed by atoms with Crippen LogP contribution in [0.25, 0.3) is 0 Å². The number of benzene rings is 1. The minimum atomic E-state index is -1.19. The Hall–Kier alpha value is -2.83. The number of hydrogen-bond donors (Lipinski definition) is 3. The van der Waals surface area contributed by atoms with Crippen LogP contribution >= 0.6 is 0 Å². The Kier molecular flexibility index (Phi) is 3.57. The average molecular weight is 308 g/mol. The van der Waals surface area contributed by atoms with Gasteiger partial charge < -0.3 is 15.8 Å². The zero-order valence-corrected chi connectivity index (χ0v) is 11.8. The predicted octanol–water partition coefficient (Wildman–Crippen LogP) is 2.98. The van der Waals surface area contributed by atoms with Gasteiger partial charge in [-0.2, -0.15) is 0 Å². The van der Waals surface area contributed by atoms with Gasteiger partial charge in [-0.15, -0.1) is 0 Å². The highest BCUT2D eigenvalue weighted by atomic mass is 19.1. The van der Waals surface area contributed by atoms with Crippen molar-refractivity contribution in [3.05, 3.63) is 47.7 Å². The number of halogens is 1. The molecular weight excluding hydrogens is 287 g/mol. The van der Waals surface area contributed by atoms with Gasteiger partial charge in [0.15, 0.2) is 0 Å². The first kappa shape index (κ1) is 10.8. The minimum Gasteiger partial charge on any atom is -0.450 e. The highest BCUT2D eigenvalue weighted by molar-refractivity contribution is 5.88. The number of aromatic nitrogens is 1. The lowest BCUT2D eigenvalue weighted by Crippen LogP contribution is -2.15. The molecular formula is C15H17FN4O2. The number of nitrogens with zero attached hydrogens (tertiary/aromatic N) is 1. The monoisotopic (exact) mass is 308 g/mol. The Bertz CT molecular complexity index is 822. The molecule has 7 heteroatoms. The van der Waals surface area contributed by atoms with E-state index in [2.05, 4.69) is 15.6 Å². The molecule has 0 bridgehead atoms. The Labute approximate surface area is 133 Å². The van der Waals surface area contributed by atoms with E-state index in [1.165, 1.54) is 12.1 Å². The highest BCUT2D eigenvalue weighted by Gasteiger charge is 2.07. The molecule has 2 rings (SSSR count). The number of rotatable bonds is 5. The molecule has 0 atom stereocenters. The molecule has 116 valence electrons. The first-order valence-corrected chi connectivity index (χ1v) is 6.45.